The first-order valence-electron chi connectivity index (χ1n) is 8.69. The lowest BCUT2D eigenvalue weighted by atomic mass is 10.1. The molecule has 0 amide bonds. The first-order valence-corrected chi connectivity index (χ1v) is 10.9. The first-order chi connectivity index (χ1) is 13.7. The van der Waals surface area contributed by atoms with Gasteiger partial charge in [0.1, 0.15) is 11.3 Å². The third kappa shape index (κ3) is 3.12. The Labute approximate surface area is 175 Å². The van der Waals surface area contributed by atoms with Crippen molar-refractivity contribution in [2.24, 2.45) is 7.05 Å². The highest BCUT2D eigenvalue weighted by Crippen LogP contribution is 2.35. The number of pyridine rings is 1. The molecule has 0 unspecified atom stereocenters. The van der Waals surface area contributed by atoms with Crippen LogP contribution in [0.15, 0.2) is 75.0 Å². The van der Waals surface area contributed by atoms with E-state index in [0.29, 0.717) is 9.86 Å². The van der Waals surface area contributed by atoms with E-state index in [1.165, 1.54) is 48.0 Å². The molecule has 0 radical (unpaired) electrons. The van der Waals surface area contributed by atoms with Crippen molar-refractivity contribution >= 4 is 36.9 Å². The Morgan fingerprint density at radius 1 is 1.03 bits per heavy atom. The summed E-state index contributed by atoms with van der Waals surface area (Å²) in [5, 5.41) is 0.391. The summed E-state index contributed by atoms with van der Waals surface area (Å²) in [4.78, 5) is 12.9. The molecule has 0 aliphatic heterocycles. The highest BCUT2D eigenvalue weighted by Gasteiger charge is 2.28. The molecule has 0 fully saturated rings. The molecule has 2 aromatic carbocycles. The molecular formula is C21H16BrFN2O3S. The van der Waals surface area contributed by atoms with Crippen LogP contribution in [0.25, 0.3) is 22.2 Å². The van der Waals surface area contributed by atoms with Gasteiger partial charge in [0.05, 0.1) is 10.6 Å². The van der Waals surface area contributed by atoms with Crippen molar-refractivity contribution in [3.05, 3.63) is 87.0 Å². The van der Waals surface area contributed by atoms with E-state index in [4.69, 9.17) is 0 Å². The average molecular weight is 475 g/mol. The minimum absolute atomic E-state index is 0.0141. The molecular weight excluding hydrogens is 459 g/mol. The predicted molar refractivity (Wildman–Crippen MR) is 114 cm³/mol. The summed E-state index contributed by atoms with van der Waals surface area (Å²) in [5.41, 5.74) is 0.535. The number of hydrogen-bond acceptors (Lipinski definition) is 3. The number of aromatic nitrogens is 2. The molecule has 2 heterocycles. The fourth-order valence-electron chi connectivity index (χ4n) is 3.26. The Morgan fingerprint density at radius 2 is 1.69 bits per heavy atom. The number of nitrogens with zero attached hydrogens (tertiary/aromatic N) is 2. The first kappa shape index (κ1) is 19.6. The molecule has 0 aliphatic rings. The van der Waals surface area contributed by atoms with E-state index in [2.05, 4.69) is 15.9 Å². The summed E-state index contributed by atoms with van der Waals surface area (Å²) in [7, 11) is -2.64. The van der Waals surface area contributed by atoms with Crippen molar-refractivity contribution in [2.75, 3.05) is 0 Å². The topological polar surface area (TPSA) is 61.1 Å². The minimum atomic E-state index is -4.17. The Bertz CT molecular complexity index is 1420. The van der Waals surface area contributed by atoms with Gasteiger partial charge in [-0.25, -0.2) is 16.8 Å². The van der Waals surface area contributed by atoms with Crippen LogP contribution in [-0.4, -0.2) is 17.0 Å². The molecule has 148 valence electrons. The molecule has 0 spiro atoms. The van der Waals surface area contributed by atoms with Crippen molar-refractivity contribution in [3.8, 4) is 11.3 Å². The smallest absolute Gasteiger partial charge is 0.275 e. The van der Waals surface area contributed by atoms with Gasteiger partial charge in [-0.2, -0.15) is 0 Å². The van der Waals surface area contributed by atoms with Crippen LogP contribution in [0.1, 0.15) is 5.56 Å². The summed E-state index contributed by atoms with van der Waals surface area (Å²) in [6.07, 6.45) is 1.55. The number of benzene rings is 2. The van der Waals surface area contributed by atoms with Crippen molar-refractivity contribution in [2.45, 2.75) is 11.8 Å². The molecule has 0 N–H and O–H groups in total. The normalized spacial score (nSPS) is 11.9. The van der Waals surface area contributed by atoms with Gasteiger partial charge in [0.2, 0.25) is 0 Å². The third-order valence-electron chi connectivity index (χ3n) is 4.75. The predicted octanol–water partition coefficient (Wildman–Crippen LogP) is 4.45. The maximum Gasteiger partial charge on any atom is 0.275 e. The van der Waals surface area contributed by atoms with Gasteiger partial charge in [0, 0.05) is 28.7 Å². The van der Waals surface area contributed by atoms with E-state index in [1.807, 2.05) is 6.92 Å². The van der Waals surface area contributed by atoms with Crippen LogP contribution in [0.2, 0.25) is 0 Å². The summed E-state index contributed by atoms with van der Waals surface area (Å²) in [6.45, 7) is 1.85. The van der Waals surface area contributed by atoms with Gasteiger partial charge in [0.15, 0.2) is 0 Å². The second-order valence-electron chi connectivity index (χ2n) is 6.75. The molecule has 2 aromatic heterocycles. The fraction of sp³-hybridized carbons (Fsp3) is 0.0952. The van der Waals surface area contributed by atoms with E-state index in [0.717, 1.165) is 9.54 Å². The zero-order chi connectivity index (χ0) is 20.9. The van der Waals surface area contributed by atoms with Crippen molar-refractivity contribution in [1.29, 1.82) is 0 Å². The van der Waals surface area contributed by atoms with E-state index in [9.17, 15) is 17.6 Å². The van der Waals surface area contributed by atoms with Crippen molar-refractivity contribution in [3.63, 3.8) is 0 Å². The number of hydrogen-bond donors (Lipinski definition) is 0. The van der Waals surface area contributed by atoms with Crippen LogP contribution >= 0.6 is 15.9 Å². The average Bonchev–Trinajstić information content (AvgIpc) is 3.09. The monoisotopic (exact) mass is 474 g/mol. The number of aryl methyl sites for hydroxylation is 2. The SMILES string of the molecule is Cc1ccc(S(=O)(=O)n2c(-c3ccccc3F)cc3c(Br)cn(C)c(=O)c32)cc1. The van der Waals surface area contributed by atoms with Gasteiger partial charge in [-0.1, -0.05) is 29.8 Å². The van der Waals surface area contributed by atoms with Crippen molar-refractivity contribution in [1.82, 2.24) is 8.54 Å². The number of halogens is 2. The summed E-state index contributed by atoms with van der Waals surface area (Å²) in [6, 6.07) is 13.7. The van der Waals surface area contributed by atoms with Crippen LogP contribution < -0.4 is 5.56 Å². The van der Waals surface area contributed by atoms with E-state index < -0.39 is 21.4 Å². The molecule has 0 aliphatic carbocycles. The maximum absolute atomic E-state index is 14.6. The lowest BCUT2D eigenvalue weighted by Crippen LogP contribution is -2.23. The van der Waals surface area contributed by atoms with E-state index in [-0.39, 0.29) is 21.7 Å². The van der Waals surface area contributed by atoms with Crippen LogP contribution in [0, 0.1) is 12.7 Å². The highest BCUT2D eigenvalue weighted by atomic mass is 79.9. The Kier molecular flexibility index (Phi) is 4.71. The molecule has 0 saturated heterocycles. The Hall–Kier alpha value is -2.71. The molecule has 8 heteroatoms. The van der Waals surface area contributed by atoms with Crippen molar-refractivity contribution < 1.29 is 12.8 Å². The molecule has 0 atom stereocenters. The molecule has 4 rings (SSSR count). The van der Waals surface area contributed by atoms with Gasteiger partial charge in [-0.15, -0.1) is 0 Å². The fourth-order valence-corrected chi connectivity index (χ4v) is 5.39. The van der Waals surface area contributed by atoms with Crippen LogP contribution in [0.5, 0.6) is 0 Å². The van der Waals surface area contributed by atoms with Gasteiger partial charge < -0.3 is 4.57 Å². The molecule has 4 aromatic rings. The summed E-state index contributed by atoms with van der Waals surface area (Å²) in [5.74, 6) is -0.580. The molecule has 5 nitrogen and oxygen atoms in total. The number of rotatable bonds is 3. The van der Waals surface area contributed by atoms with Gasteiger partial charge in [0.25, 0.3) is 15.6 Å². The molecule has 0 bridgehead atoms. The minimum Gasteiger partial charge on any atom is -0.316 e. The van der Waals surface area contributed by atoms with Gasteiger partial charge in [-0.05, 0) is 53.2 Å². The largest absolute Gasteiger partial charge is 0.316 e. The highest BCUT2D eigenvalue weighted by molar-refractivity contribution is 9.10. The van der Waals surface area contributed by atoms with E-state index in [1.54, 1.807) is 24.4 Å². The van der Waals surface area contributed by atoms with Crippen LogP contribution in [-0.2, 0) is 17.1 Å². The van der Waals surface area contributed by atoms with Gasteiger partial charge in [-0.3, -0.25) is 4.79 Å². The van der Waals surface area contributed by atoms with Crippen LogP contribution in [0.3, 0.4) is 0 Å². The Balaban J connectivity index is 2.19. The van der Waals surface area contributed by atoms with Crippen LogP contribution in [0.4, 0.5) is 4.39 Å². The Morgan fingerprint density at radius 3 is 2.34 bits per heavy atom. The zero-order valence-electron chi connectivity index (χ0n) is 15.6. The van der Waals surface area contributed by atoms with E-state index >= 15 is 0 Å². The summed E-state index contributed by atoms with van der Waals surface area (Å²) < 4.78 is 44.5. The standard InChI is InChI=1S/C21H16BrFN2O3S/c1-13-7-9-14(10-8-13)29(27,28)25-19(15-5-3-4-6-18(15)23)11-16-17(22)12-24(2)21(26)20(16)25/h3-12H,1-2H3. The lowest BCUT2D eigenvalue weighted by molar-refractivity contribution is 0.589. The summed E-state index contributed by atoms with van der Waals surface area (Å²) >= 11 is 3.39. The molecule has 29 heavy (non-hydrogen) atoms. The maximum atomic E-state index is 14.6. The second-order valence-corrected chi connectivity index (χ2v) is 9.39. The third-order valence-corrected chi connectivity index (χ3v) is 7.11. The lowest BCUT2D eigenvalue weighted by Gasteiger charge is -2.13. The zero-order valence-corrected chi connectivity index (χ0v) is 18.0. The second kappa shape index (κ2) is 6.96. The van der Waals surface area contributed by atoms with Gasteiger partial charge >= 0.3 is 0 Å². The quantitative estimate of drug-likeness (QED) is 0.440. The molecule has 0 saturated carbocycles. The number of fused-ring (bicyclic) bond motifs is 1.